The molecule has 0 aliphatic rings. The summed E-state index contributed by atoms with van der Waals surface area (Å²) in [6, 6.07) is 9.10. The maximum absolute atomic E-state index is 12.8. The molecule has 0 saturated carbocycles. The summed E-state index contributed by atoms with van der Waals surface area (Å²) in [6.07, 6.45) is 1.56. The van der Waals surface area contributed by atoms with Crippen LogP contribution in [-0.4, -0.2) is 17.9 Å². The minimum atomic E-state index is -0.332. The molecule has 3 nitrogen and oxygen atoms in total. The number of benzene rings is 1. The maximum Gasteiger partial charge on any atom is 0.276 e. The van der Waals surface area contributed by atoms with Gasteiger partial charge >= 0.3 is 0 Å². The van der Waals surface area contributed by atoms with Crippen molar-refractivity contribution in [2.45, 2.75) is 0 Å². The Kier molecular flexibility index (Phi) is 3.72. The number of pyridine rings is 1. The number of anilines is 1. The van der Waals surface area contributed by atoms with Crippen molar-refractivity contribution in [3.63, 3.8) is 0 Å². The van der Waals surface area contributed by atoms with E-state index in [0.29, 0.717) is 11.4 Å². The molecule has 0 bridgehead atoms. The molecule has 1 amide bonds. The summed E-state index contributed by atoms with van der Waals surface area (Å²) in [4.78, 5) is 17.6. The Labute approximate surface area is 112 Å². The average molecular weight is 309 g/mol. The van der Waals surface area contributed by atoms with Crippen LogP contribution in [-0.2, 0) is 0 Å². The molecule has 1 aromatic heterocycles. The molecule has 0 radical (unpaired) electrons. The van der Waals surface area contributed by atoms with E-state index in [1.54, 1.807) is 37.5 Å². The number of carbonyl (C=O) groups is 1. The first-order chi connectivity index (χ1) is 8.58. The van der Waals surface area contributed by atoms with E-state index in [4.69, 9.17) is 0 Å². The fourth-order valence-corrected chi connectivity index (χ4v) is 1.69. The highest BCUT2D eigenvalue weighted by Crippen LogP contribution is 2.16. The van der Waals surface area contributed by atoms with Crippen LogP contribution in [0.25, 0.3) is 0 Å². The van der Waals surface area contributed by atoms with Gasteiger partial charge in [0.25, 0.3) is 5.91 Å². The molecule has 18 heavy (non-hydrogen) atoms. The second-order valence-corrected chi connectivity index (χ2v) is 4.62. The predicted octanol–water partition coefficient (Wildman–Crippen LogP) is 3.26. The van der Waals surface area contributed by atoms with Crippen molar-refractivity contribution in [1.82, 2.24) is 4.98 Å². The second kappa shape index (κ2) is 5.27. The molecule has 0 spiro atoms. The van der Waals surface area contributed by atoms with Crippen LogP contribution in [0.3, 0.4) is 0 Å². The highest BCUT2D eigenvalue weighted by Gasteiger charge is 2.14. The second-order valence-electron chi connectivity index (χ2n) is 3.70. The van der Waals surface area contributed by atoms with Crippen molar-refractivity contribution < 1.29 is 9.18 Å². The number of rotatable bonds is 2. The molecule has 0 fully saturated rings. The lowest BCUT2D eigenvalue weighted by Crippen LogP contribution is -2.26. The van der Waals surface area contributed by atoms with Crippen LogP contribution >= 0.6 is 15.9 Å². The van der Waals surface area contributed by atoms with E-state index >= 15 is 0 Å². The largest absolute Gasteiger partial charge is 0.310 e. The van der Waals surface area contributed by atoms with Crippen LogP contribution in [0.4, 0.5) is 10.1 Å². The quantitative estimate of drug-likeness (QED) is 0.853. The van der Waals surface area contributed by atoms with Crippen LogP contribution in [0, 0.1) is 5.82 Å². The van der Waals surface area contributed by atoms with Gasteiger partial charge < -0.3 is 4.90 Å². The first-order valence-electron chi connectivity index (χ1n) is 5.23. The molecular weight excluding hydrogens is 299 g/mol. The van der Waals surface area contributed by atoms with Crippen LogP contribution in [0.1, 0.15) is 10.5 Å². The Hall–Kier alpha value is -1.75. The molecule has 0 aliphatic heterocycles. The Bertz CT molecular complexity index is 554. The number of halogens is 2. The minimum Gasteiger partial charge on any atom is -0.310 e. The Morgan fingerprint density at radius 2 is 1.89 bits per heavy atom. The maximum atomic E-state index is 12.8. The van der Waals surface area contributed by atoms with Crippen molar-refractivity contribution in [1.29, 1.82) is 0 Å². The summed E-state index contributed by atoms with van der Waals surface area (Å²) >= 11 is 3.26. The SMILES string of the molecule is CN(C(=O)c1ccc(Br)cn1)c1ccc(F)cc1. The molecule has 5 heteroatoms. The van der Waals surface area contributed by atoms with Crippen LogP contribution in [0.15, 0.2) is 47.1 Å². The Morgan fingerprint density at radius 1 is 1.22 bits per heavy atom. The van der Waals surface area contributed by atoms with E-state index in [9.17, 15) is 9.18 Å². The molecule has 0 unspecified atom stereocenters. The fraction of sp³-hybridized carbons (Fsp3) is 0.0769. The molecule has 1 heterocycles. The Balaban J connectivity index is 2.23. The van der Waals surface area contributed by atoms with Gasteiger partial charge in [0.1, 0.15) is 11.5 Å². The van der Waals surface area contributed by atoms with Gasteiger partial charge in [0.2, 0.25) is 0 Å². The van der Waals surface area contributed by atoms with E-state index < -0.39 is 0 Å². The molecule has 0 saturated heterocycles. The van der Waals surface area contributed by atoms with Gasteiger partial charge in [-0.25, -0.2) is 9.37 Å². The summed E-state index contributed by atoms with van der Waals surface area (Å²) in [7, 11) is 1.62. The number of hydrogen-bond acceptors (Lipinski definition) is 2. The molecule has 92 valence electrons. The first-order valence-corrected chi connectivity index (χ1v) is 6.02. The Morgan fingerprint density at radius 3 is 2.44 bits per heavy atom. The lowest BCUT2D eigenvalue weighted by atomic mass is 10.2. The van der Waals surface area contributed by atoms with Gasteiger partial charge in [0.05, 0.1) is 0 Å². The van der Waals surface area contributed by atoms with Crippen LogP contribution < -0.4 is 4.90 Å². The highest BCUT2D eigenvalue weighted by atomic mass is 79.9. The lowest BCUT2D eigenvalue weighted by Gasteiger charge is -2.16. The predicted molar refractivity (Wildman–Crippen MR) is 71.1 cm³/mol. The monoisotopic (exact) mass is 308 g/mol. The van der Waals surface area contributed by atoms with Crippen molar-refractivity contribution in [3.8, 4) is 0 Å². The summed E-state index contributed by atoms with van der Waals surface area (Å²) in [6.45, 7) is 0. The average Bonchev–Trinajstić information content (AvgIpc) is 2.39. The standard InChI is InChI=1S/C13H10BrFN2O/c1-17(11-5-3-10(15)4-6-11)13(18)12-7-2-9(14)8-16-12/h2-8H,1H3. The lowest BCUT2D eigenvalue weighted by molar-refractivity contribution is 0.0988. The van der Waals surface area contributed by atoms with E-state index in [1.165, 1.54) is 17.0 Å². The van der Waals surface area contributed by atoms with Gasteiger partial charge in [-0.2, -0.15) is 0 Å². The zero-order valence-corrected chi connectivity index (χ0v) is 11.2. The third-order valence-corrected chi connectivity index (χ3v) is 2.93. The number of aromatic nitrogens is 1. The van der Waals surface area contributed by atoms with Crippen LogP contribution in [0.5, 0.6) is 0 Å². The number of hydrogen-bond donors (Lipinski definition) is 0. The van der Waals surface area contributed by atoms with Gasteiger partial charge in [-0.1, -0.05) is 0 Å². The smallest absolute Gasteiger partial charge is 0.276 e. The number of nitrogens with zero attached hydrogens (tertiary/aromatic N) is 2. The third kappa shape index (κ3) is 2.73. The topological polar surface area (TPSA) is 33.2 Å². The third-order valence-electron chi connectivity index (χ3n) is 2.47. The highest BCUT2D eigenvalue weighted by molar-refractivity contribution is 9.10. The normalized spacial score (nSPS) is 10.2. The summed E-state index contributed by atoms with van der Waals surface area (Å²) in [5, 5.41) is 0. The van der Waals surface area contributed by atoms with Crippen molar-refractivity contribution in [2.75, 3.05) is 11.9 Å². The van der Waals surface area contributed by atoms with Crippen molar-refractivity contribution in [3.05, 3.63) is 58.6 Å². The minimum absolute atomic E-state index is 0.242. The van der Waals surface area contributed by atoms with Gasteiger partial charge in [-0.15, -0.1) is 0 Å². The van der Waals surface area contributed by atoms with Crippen LogP contribution in [0.2, 0.25) is 0 Å². The molecule has 0 aliphatic carbocycles. The summed E-state index contributed by atoms with van der Waals surface area (Å²) < 4.78 is 13.6. The van der Waals surface area contributed by atoms with E-state index in [1.807, 2.05) is 0 Å². The van der Waals surface area contributed by atoms with Gasteiger partial charge in [-0.05, 0) is 52.3 Å². The van der Waals surface area contributed by atoms with Gasteiger partial charge in [0.15, 0.2) is 0 Å². The molecule has 0 N–H and O–H groups in total. The number of amides is 1. The zero-order valence-electron chi connectivity index (χ0n) is 9.60. The molecular formula is C13H10BrFN2O. The van der Waals surface area contributed by atoms with E-state index in [0.717, 1.165) is 4.47 Å². The van der Waals surface area contributed by atoms with E-state index in [-0.39, 0.29) is 11.7 Å². The zero-order chi connectivity index (χ0) is 13.1. The van der Waals surface area contributed by atoms with E-state index in [2.05, 4.69) is 20.9 Å². The van der Waals surface area contributed by atoms with Crippen molar-refractivity contribution in [2.24, 2.45) is 0 Å². The summed E-state index contributed by atoms with van der Waals surface area (Å²) in [5.74, 6) is -0.574. The molecule has 1 aromatic carbocycles. The van der Waals surface area contributed by atoms with Gasteiger partial charge in [0, 0.05) is 23.4 Å². The summed E-state index contributed by atoms with van der Waals surface area (Å²) in [5.41, 5.74) is 0.955. The molecule has 2 rings (SSSR count). The van der Waals surface area contributed by atoms with Crippen molar-refractivity contribution >= 4 is 27.5 Å². The molecule has 2 aromatic rings. The molecule has 0 atom stereocenters. The fourth-order valence-electron chi connectivity index (χ4n) is 1.46. The number of carbonyl (C=O) groups excluding carboxylic acids is 1. The first kappa shape index (κ1) is 12.7. The van der Waals surface area contributed by atoms with Gasteiger partial charge in [-0.3, -0.25) is 4.79 Å².